The lowest BCUT2D eigenvalue weighted by atomic mass is 10.0. The van der Waals surface area contributed by atoms with E-state index in [0.29, 0.717) is 6.67 Å². The molecule has 6 aromatic rings. The lowest BCUT2D eigenvalue weighted by molar-refractivity contribution is 0.180. The van der Waals surface area contributed by atoms with Gasteiger partial charge in [0.25, 0.3) is 0 Å². The molecule has 1 saturated heterocycles. The Hall–Kier alpha value is -4.95. The molecule has 42 heavy (non-hydrogen) atoms. The van der Waals surface area contributed by atoms with Crippen molar-refractivity contribution in [2.75, 3.05) is 30.0 Å². The summed E-state index contributed by atoms with van der Waals surface area (Å²) in [5.41, 5.74) is 10.3. The van der Waals surface area contributed by atoms with Gasteiger partial charge in [0.2, 0.25) is 0 Å². The molecule has 2 aliphatic rings. The molecule has 4 aromatic carbocycles. The van der Waals surface area contributed by atoms with Gasteiger partial charge in [0.15, 0.2) is 0 Å². The molecule has 0 radical (unpaired) electrons. The number of benzene rings is 4. The van der Waals surface area contributed by atoms with Crippen LogP contribution in [0.15, 0.2) is 102 Å². The number of hydrogen-bond donors (Lipinski definition) is 2. The van der Waals surface area contributed by atoms with Gasteiger partial charge in [-0.25, -0.2) is 9.78 Å². The molecule has 8 nitrogen and oxygen atoms in total. The third-order valence-electron chi connectivity index (χ3n) is 8.65. The monoisotopic (exact) mass is 553 g/mol. The van der Waals surface area contributed by atoms with Crippen molar-refractivity contribution in [1.29, 1.82) is 0 Å². The molecule has 1 fully saturated rings. The van der Waals surface area contributed by atoms with Crippen molar-refractivity contribution >= 4 is 39.1 Å². The lowest BCUT2D eigenvalue weighted by Crippen LogP contribution is -2.36. The van der Waals surface area contributed by atoms with E-state index in [4.69, 9.17) is 9.97 Å². The average Bonchev–Trinajstić information content (AvgIpc) is 3.60. The smallest absolute Gasteiger partial charge is 0.326 e. The van der Waals surface area contributed by atoms with Gasteiger partial charge in [0.1, 0.15) is 0 Å². The van der Waals surface area contributed by atoms with E-state index in [9.17, 15) is 4.79 Å². The first-order valence-corrected chi connectivity index (χ1v) is 14.6. The molecule has 0 aliphatic carbocycles. The van der Waals surface area contributed by atoms with Gasteiger partial charge in [-0.15, -0.1) is 0 Å². The van der Waals surface area contributed by atoms with Crippen molar-refractivity contribution < 1.29 is 0 Å². The second-order valence-electron chi connectivity index (χ2n) is 11.2. The highest BCUT2D eigenvalue weighted by Gasteiger charge is 2.24. The number of rotatable bonds is 5. The summed E-state index contributed by atoms with van der Waals surface area (Å²) in [4.78, 5) is 30.1. The van der Waals surface area contributed by atoms with E-state index in [0.717, 1.165) is 82.9 Å². The number of nitrogens with zero attached hydrogens (tertiary/aromatic N) is 5. The van der Waals surface area contributed by atoms with Gasteiger partial charge in [-0.3, -0.25) is 14.5 Å². The van der Waals surface area contributed by atoms with E-state index >= 15 is 0 Å². The number of aromatic nitrogens is 4. The summed E-state index contributed by atoms with van der Waals surface area (Å²) in [6.07, 6.45) is 3.79. The van der Waals surface area contributed by atoms with Crippen LogP contribution >= 0.6 is 0 Å². The normalized spacial score (nSPS) is 15.8. The van der Waals surface area contributed by atoms with Gasteiger partial charge < -0.3 is 15.2 Å². The van der Waals surface area contributed by atoms with Crippen LogP contribution in [0, 0.1) is 0 Å². The van der Waals surface area contributed by atoms with Crippen molar-refractivity contribution in [3.63, 3.8) is 0 Å². The summed E-state index contributed by atoms with van der Waals surface area (Å²) < 4.78 is 1.96. The van der Waals surface area contributed by atoms with E-state index in [1.54, 1.807) is 0 Å². The number of piperidine rings is 1. The quantitative estimate of drug-likeness (QED) is 0.261. The minimum atomic E-state index is -0.000100. The highest BCUT2D eigenvalue weighted by atomic mass is 16.1. The number of aromatic amines is 1. The summed E-state index contributed by atoms with van der Waals surface area (Å²) in [6, 6.07) is 31.5. The van der Waals surface area contributed by atoms with Crippen LogP contribution in [-0.2, 0) is 6.54 Å². The van der Waals surface area contributed by atoms with E-state index in [1.165, 1.54) is 5.56 Å². The second-order valence-corrected chi connectivity index (χ2v) is 11.2. The third kappa shape index (κ3) is 4.40. The SMILES string of the molecule is O=c1[nH]c2ccccc2n1C1CCN(Cc2ccc(N3CNc4cc5ncc(-c6ccccc6)nc5cc43)cc2)CC1. The molecule has 0 spiro atoms. The minimum absolute atomic E-state index is 0.000100. The number of nitrogens with one attached hydrogen (secondary N) is 2. The molecule has 0 unspecified atom stereocenters. The largest absolute Gasteiger partial charge is 0.366 e. The van der Waals surface area contributed by atoms with Crippen LogP contribution in [0.3, 0.4) is 0 Å². The molecule has 2 aromatic heterocycles. The van der Waals surface area contributed by atoms with Crippen LogP contribution < -0.4 is 15.9 Å². The maximum atomic E-state index is 12.6. The van der Waals surface area contributed by atoms with Gasteiger partial charge in [-0.1, -0.05) is 54.6 Å². The Kier molecular flexibility index (Phi) is 6.00. The number of H-pyrrole nitrogens is 1. The number of imidazole rings is 1. The van der Waals surface area contributed by atoms with Crippen molar-refractivity contribution in [2.24, 2.45) is 0 Å². The Bertz CT molecular complexity index is 1950. The fourth-order valence-electron chi connectivity index (χ4n) is 6.45. The van der Waals surface area contributed by atoms with Gasteiger partial charge in [0.05, 0.1) is 52.0 Å². The standard InChI is InChI=1S/C34H31N7O/c42-34-38-27-8-4-5-9-32(27)41(34)26-14-16-39(17-15-26)21-23-10-12-25(13-11-23)40-22-36-30-18-28-29(19-33(30)40)37-31(20-35-28)24-6-2-1-3-7-24/h1-13,18-20,26,36H,14-17,21-22H2,(H,38,42). The van der Waals surface area contributed by atoms with Gasteiger partial charge >= 0.3 is 5.69 Å². The number of hydrogen-bond acceptors (Lipinski definition) is 6. The average molecular weight is 554 g/mol. The molecule has 8 heteroatoms. The van der Waals surface area contributed by atoms with Crippen LogP contribution in [0.25, 0.3) is 33.3 Å². The molecular weight excluding hydrogens is 522 g/mol. The Morgan fingerprint density at radius 3 is 2.48 bits per heavy atom. The zero-order valence-electron chi connectivity index (χ0n) is 23.2. The summed E-state index contributed by atoms with van der Waals surface area (Å²) in [6.45, 7) is 3.56. The fourth-order valence-corrected chi connectivity index (χ4v) is 6.45. The molecule has 2 N–H and O–H groups in total. The first-order chi connectivity index (χ1) is 20.7. The highest BCUT2D eigenvalue weighted by molar-refractivity contribution is 5.92. The van der Waals surface area contributed by atoms with Crippen LogP contribution in [0.4, 0.5) is 17.1 Å². The molecule has 0 amide bonds. The van der Waals surface area contributed by atoms with E-state index in [-0.39, 0.29) is 11.7 Å². The van der Waals surface area contributed by atoms with Crippen LogP contribution in [0.1, 0.15) is 24.4 Å². The van der Waals surface area contributed by atoms with Crippen LogP contribution in [-0.4, -0.2) is 44.2 Å². The molecule has 208 valence electrons. The Balaban J connectivity index is 0.963. The molecule has 0 saturated carbocycles. The molecular formula is C34H31N7O. The van der Waals surface area contributed by atoms with Gasteiger partial charge in [-0.05, 0) is 54.8 Å². The third-order valence-corrected chi connectivity index (χ3v) is 8.65. The summed E-state index contributed by atoms with van der Waals surface area (Å²) in [5.74, 6) is 0. The maximum Gasteiger partial charge on any atom is 0.326 e. The number of para-hydroxylation sites is 2. The van der Waals surface area contributed by atoms with Crippen molar-refractivity contribution in [3.8, 4) is 11.3 Å². The summed E-state index contributed by atoms with van der Waals surface area (Å²) in [5, 5.41) is 3.52. The van der Waals surface area contributed by atoms with Crippen LogP contribution in [0.2, 0.25) is 0 Å². The van der Waals surface area contributed by atoms with E-state index in [1.807, 2.05) is 53.2 Å². The zero-order valence-corrected chi connectivity index (χ0v) is 23.2. The Labute approximate surface area is 243 Å². The van der Waals surface area contributed by atoms with Crippen LogP contribution in [0.5, 0.6) is 0 Å². The number of fused-ring (bicyclic) bond motifs is 3. The fraction of sp³-hybridized carbons (Fsp3) is 0.206. The molecule has 8 rings (SSSR count). The maximum absolute atomic E-state index is 12.6. The first kappa shape index (κ1) is 24.8. The Morgan fingerprint density at radius 2 is 1.64 bits per heavy atom. The molecule has 4 heterocycles. The second kappa shape index (κ2) is 10.2. The van der Waals surface area contributed by atoms with Gasteiger partial charge in [0, 0.05) is 36.9 Å². The Morgan fingerprint density at radius 1 is 0.857 bits per heavy atom. The van der Waals surface area contributed by atoms with Gasteiger partial charge in [-0.2, -0.15) is 0 Å². The molecule has 2 aliphatic heterocycles. The summed E-state index contributed by atoms with van der Waals surface area (Å²) in [7, 11) is 0. The summed E-state index contributed by atoms with van der Waals surface area (Å²) >= 11 is 0. The predicted octanol–water partition coefficient (Wildman–Crippen LogP) is 6.30. The molecule has 0 atom stereocenters. The van der Waals surface area contributed by atoms with Crippen molar-refractivity contribution in [1.82, 2.24) is 24.4 Å². The zero-order chi connectivity index (χ0) is 28.0. The molecule has 0 bridgehead atoms. The number of anilines is 3. The highest BCUT2D eigenvalue weighted by Crippen LogP contribution is 2.39. The first-order valence-electron chi connectivity index (χ1n) is 14.6. The van der Waals surface area contributed by atoms with Crippen molar-refractivity contribution in [2.45, 2.75) is 25.4 Å². The minimum Gasteiger partial charge on any atom is -0.366 e. The van der Waals surface area contributed by atoms with E-state index < -0.39 is 0 Å². The topological polar surface area (TPSA) is 82.1 Å². The predicted molar refractivity (Wildman–Crippen MR) is 168 cm³/mol. The number of likely N-dealkylation sites (tertiary alicyclic amines) is 1. The lowest BCUT2D eigenvalue weighted by Gasteiger charge is -2.32. The van der Waals surface area contributed by atoms with E-state index in [2.05, 4.69) is 68.6 Å². The van der Waals surface area contributed by atoms with Crippen molar-refractivity contribution in [3.05, 3.63) is 113 Å².